The molecule has 0 aromatic heterocycles. The SMILES string of the molecule is CCCCC/C=C\CCCCCCCC(=O)OCCCCCCCCCCCCCCCCCCCCCCCCCCCCCCCCCCCCCCCC(=O)NC(COC1OC(CO)C(O)C(O)C1O)C(O)/C=C/CCCCCCCCCC. The zero-order chi connectivity index (χ0) is 63.0. The number of carbonyl (C=O) groups excluding carboxylic acids is 2. The Labute approximate surface area is 537 Å². The number of ether oxygens (including phenoxy) is 3. The fourth-order valence-electron chi connectivity index (χ4n) is 12.3. The van der Waals surface area contributed by atoms with E-state index in [2.05, 4.69) is 31.3 Å². The van der Waals surface area contributed by atoms with Crippen LogP contribution in [-0.4, -0.2) is 100 Å². The van der Waals surface area contributed by atoms with E-state index in [-0.39, 0.29) is 18.5 Å². The third-order valence-electron chi connectivity index (χ3n) is 18.3. The highest BCUT2D eigenvalue weighted by molar-refractivity contribution is 5.76. The molecule has 11 heteroatoms. The number of aliphatic hydroxyl groups is 5. The minimum Gasteiger partial charge on any atom is -0.466 e. The summed E-state index contributed by atoms with van der Waals surface area (Å²) in [6, 6.07) is -0.804. The summed E-state index contributed by atoms with van der Waals surface area (Å²) in [5.41, 5.74) is 0. The first-order valence-corrected chi connectivity index (χ1v) is 38.1. The molecule has 1 aliphatic heterocycles. The minimum atomic E-state index is -1.57. The molecule has 1 saturated heterocycles. The second-order valence-corrected chi connectivity index (χ2v) is 26.7. The van der Waals surface area contributed by atoms with Crippen LogP contribution in [0.3, 0.4) is 0 Å². The number of aliphatic hydroxyl groups excluding tert-OH is 5. The second kappa shape index (κ2) is 65.6. The molecule has 11 nitrogen and oxygen atoms in total. The Balaban J connectivity index is 1.86. The highest BCUT2D eigenvalue weighted by Gasteiger charge is 2.44. The molecule has 7 unspecified atom stereocenters. The van der Waals surface area contributed by atoms with Crippen LogP contribution in [0, 0.1) is 0 Å². The molecule has 0 spiro atoms. The van der Waals surface area contributed by atoms with Gasteiger partial charge in [0.15, 0.2) is 6.29 Å². The van der Waals surface area contributed by atoms with Crippen molar-refractivity contribution in [3.8, 4) is 0 Å². The average Bonchev–Trinajstić information content (AvgIpc) is 2.82. The fourth-order valence-corrected chi connectivity index (χ4v) is 12.3. The predicted octanol–water partition coefficient (Wildman–Crippen LogP) is 20.0. The first-order valence-electron chi connectivity index (χ1n) is 38.1. The van der Waals surface area contributed by atoms with Gasteiger partial charge in [0.1, 0.15) is 24.4 Å². The van der Waals surface area contributed by atoms with Crippen LogP contribution in [0.2, 0.25) is 0 Å². The molecule has 1 rings (SSSR count). The number of hydrogen-bond donors (Lipinski definition) is 6. The lowest BCUT2D eigenvalue weighted by molar-refractivity contribution is -0.302. The normalized spacial score (nSPS) is 17.9. The fraction of sp³-hybridized carbons (Fsp3) is 0.921. The van der Waals surface area contributed by atoms with Crippen molar-refractivity contribution >= 4 is 11.9 Å². The van der Waals surface area contributed by atoms with Gasteiger partial charge in [0.05, 0.1) is 32.0 Å². The monoisotopic (exact) mass is 1230 g/mol. The molecule has 0 aromatic rings. The molecule has 87 heavy (non-hydrogen) atoms. The van der Waals surface area contributed by atoms with Gasteiger partial charge in [0.2, 0.25) is 5.91 Å². The van der Waals surface area contributed by atoms with Crippen LogP contribution in [0.25, 0.3) is 0 Å². The van der Waals surface area contributed by atoms with Gasteiger partial charge >= 0.3 is 5.97 Å². The zero-order valence-corrected chi connectivity index (χ0v) is 57.3. The lowest BCUT2D eigenvalue weighted by Gasteiger charge is -2.40. The van der Waals surface area contributed by atoms with Gasteiger partial charge in [-0.05, 0) is 57.8 Å². The van der Waals surface area contributed by atoms with E-state index >= 15 is 0 Å². The summed E-state index contributed by atoms with van der Waals surface area (Å²) in [5.74, 6) is -0.168. The van der Waals surface area contributed by atoms with Crippen LogP contribution in [0.4, 0.5) is 0 Å². The Hall–Kier alpha value is -1.86. The zero-order valence-electron chi connectivity index (χ0n) is 57.3. The number of nitrogens with one attached hydrogen (secondary N) is 1. The Morgan fingerprint density at radius 3 is 1.13 bits per heavy atom. The Morgan fingerprint density at radius 2 is 0.736 bits per heavy atom. The van der Waals surface area contributed by atoms with Crippen LogP contribution in [0.15, 0.2) is 24.3 Å². The lowest BCUT2D eigenvalue weighted by Crippen LogP contribution is -2.60. The summed E-state index contributed by atoms with van der Waals surface area (Å²) in [6.45, 7) is 4.35. The molecule has 6 N–H and O–H groups in total. The minimum absolute atomic E-state index is 0.00758. The maximum Gasteiger partial charge on any atom is 0.305 e. The predicted molar refractivity (Wildman–Crippen MR) is 366 cm³/mol. The first kappa shape index (κ1) is 83.2. The molecule has 0 bridgehead atoms. The van der Waals surface area contributed by atoms with E-state index < -0.39 is 49.5 Å². The van der Waals surface area contributed by atoms with E-state index in [4.69, 9.17) is 14.2 Å². The second-order valence-electron chi connectivity index (χ2n) is 26.7. The maximum absolute atomic E-state index is 13.0. The van der Waals surface area contributed by atoms with Gasteiger partial charge in [-0.3, -0.25) is 9.59 Å². The summed E-state index contributed by atoms with van der Waals surface area (Å²) in [5, 5.41) is 54.4. The van der Waals surface area contributed by atoms with Crippen LogP contribution < -0.4 is 5.32 Å². The largest absolute Gasteiger partial charge is 0.466 e. The third kappa shape index (κ3) is 54.4. The van der Waals surface area contributed by atoms with Crippen LogP contribution in [0.5, 0.6) is 0 Å². The molecule has 1 fully saturated rings. The number of unbranched alkanes of at least 4 members (excludes halogenated alkanes) is 52. The van der Waals surface area contributed by atoms with Crippen molar-refractivity contribution in [2.75, 3.05) is 19.8 Å². The van der Waals surface area contributed by atoms with Gasteiger partial charge in [0, 0.05) is 12.8 Å². The highest BCUT2D eigenvalue weighted by atomic mass is 16.7. The number of esters is 1. The Bertz CT molecular complexity index is 1490. The molecule has 514 valence electrons. The molecular weight excluding hydrogens is 1090 g/mol. The number of amides is 1. The summed E-state index contributed by atoms with van der Waals surface area (Å²) in [7, 11) is 0. The highest BCUT2D eigenvalue weighted by Crippen LogP contribution is 2.24. The van der Waals surface area contributed by atoms with Gasteiger partial charge in [0.25, 0.3) is 0 Å². The van der Waals surface area contributed by atoms with Crippen LogP contribution in [-0.2, 0) is 23.8 Å². The number of allylic oxidation sites excluding steroid dienone is 3. The molecule has 0 aromatic carbocycles. The molecule has 0 aliphatic carbocycles. The number of carbonyl (C=O) groups is 2. The van der Waals surface area contributed by atoms with Crippen molar-refractivity contribution in [2.24, 2.45) is 0 Å². The van der Waals surface area contributed by atoms with Crippen molar-refractivity contribution in [3.05, 3.63) is 24.3 Å². The first-order chi connectivity index (χ1) is 42.7. The van der Waals surface area contributed by atoms with Crippen molar-refractivity contribution in [1.82, 2.24) is 5.32 Å². The number of rotatable bonds is 68. The summed E-state index contributed by atoms with van der Waals surface area (Å²) in [6.07, 6.45) is 73.6. The molecule has 1 aliphatic rings. The van der Waals surface area contributed by atoms with E-state index in [9.17, 15) is 35.1 Å². The van der Waals surface area contributed by atoms with Crippen LogP contribution >= 0.6 is 0 Å². The molecule has 1 amide bonds. The molecule has 0 saturated carbocycles. The van der Waals surface area contributed by atoms with Gasteiger partial charge < -0.3 is 45.1 Å². The van der Waals surface area contributed by atoms with E-state index in [0.717, 1.165) is 57.8 Å². The van der Waals surface area contributed by atoms with Crippen LogP contribution in [0.1, 0.15) is 386 Å². The quantitative estimate of drug-likeness (QED) is 0.0195. The topological polar surface area (TPSA) is 175 Å². The van der Waals surface area contributed by atoms with Crippen molar-refractivity contribution in [1.29, 1.82) is 0 Å². The van der Waals surface area contributed by atoms with E-state index in [1.807, 2.05) is 6.08 Å². The Morgan fingerprint density at radius 1 is 0.414 bits per heavy atom. The smallest absolute Gasteiger partial charge is 0.305 e. The van der Waals surface area contributed by atoms with Gasteiger partial charge in [-0.25, -0.2) is 0 Å². The van der Waals surface area contributed by atoms with Gasteiger partial charge in [-0.15, -0.1) is 0 Å². The van der Waals surface area contributed by atoms with Gasteiger partial charge in [-0.2, -0.15) is 0 Å². The molecule has 1 heterocycles. The lowest BCUT2D eigenvalue weighted by atomic mass is 9.99. The van der Waals surface area contributed by atoms with E-state index in [1.54, 1.807) is 6.08 Å². The van der Waals surface area contributed by atoms with Crippen molar-refractivity contribution in [2.45, 2.75) is 429 Å². The van der Waals surface area contributed by atoms with Crippen molar-refractivity contribution in [3.63, 3.8) is 0 Å². The van der Waals surface area contributed by atoms with E-state index in [1.165, 1.54) is 302 Å². The summed E-state index contributed by atoms with van der Waals surface area (Å²) < 4.78 is 16.7. The Kier molecular flexibility index (Phi) is 62.7. The number of hydrogen-bond acceptors (Lipinski definition) is 10. The summed E-state index contributed by atoms with van der Waals surface area (Å²) in [4.78, 5) is 25.1. The summed E-state index contributed by atoms with van der Waals surface area (Å²) >= 11 is 0. The van der Waals surface area contributed by atoms with Gasteiger partial charge in [-0.1, -0.05) is 340 Å². The third-order valence-corrected chi connectivity index (χ3v) is 18.3. The standard InChI is InChI=1S/C76H145NO10/c1-3-5-7-9-11-13-15-44-48-52-56-60-64-72(81)85-65-61-57-53-49-45-42-40-38-36-34-32-30-28-26-24-22-20-18-16-17-19-21-23-25-27-29-31-33-35-37-39-41-43-47-51-55-59-63-71(80)77-68(67-86-76-75(84)74(83)73(82)70(66-78)87-76)69(79)62-58-54-50-46-14-12-10-8-6-4-2/h11,13,58,62,68-70,73-76,78-79,82-84H,3-10,12,14-57,59-61,63-67H2,1-2H3,(H,77,80)/b13-11-,62-58+. The maximum atomic E-state index is 13.0. The average molecular weight is 1230 g/mol. The molecular formula is C76H145NO10. The van der Waals surface area contributed by atoms with Crippen molar-refractivity contribution < 1.29 is 49.3 Å². The molecule has 7 atom stereocenters. The molecule has 0 radical (unpaired) electrons. The van der Waals surface area contributed by atoms with E-state index in [0.29, 0.717) is 19.4 Å².